The number of carboxylic acid groups (broad SMARTS) is 2. The molecule has 6 aromatic rings. The van der Waals surface area contributed by atoms with Crippen LogP contribution in [-0.2, 0) is 22.4 Å². The number of rotatable bonds is 10. The Morgan fingerprint density at radius 3 is 1.69 bits per heavy atom. The number of halogens is 1. The number of benzene rings is 3. The molecule has 6 aliphatic rings. The van der Waals surface area contributed by atoms with Crippen LogP contribution in [-0.4, -0.2) is 96.2 Å². The third kappa shape index (κ3) is 23.4. The number of fused-ring (bicyclic) bond motifs is 1. The van der Waals surface area contributed by atoms with Crippen molar-refractivity contribution in [2.75, 3.05) is 37.2 Å². The summed E-state index contributed by atoms with van der Waals surface area (Å²) in [5.41, 5.74) is 14.8. The van der Waals surface area contributed by atoms with Crippen LogP contribution in [0.15, 0.2) is 146 Å². The molecule has 87 heavy (non-hydrogen) atoms. The highest BCUT2D eigenvalue weighted by Crippen LogP contribution is 2.36. The van der Waals surface area contributed by atoms with Gasteiger partial charge in [0.2, 0.25) is 0 Å². The van der Waals surface area contributed by atoms with Crippen LogP contribution in [0.25, 0.3) is 16.9 Å². The Bertz CT molecular complexity index is 3140. The van der Waals surface area contributed by atoms with E-state index in [0.717, 1.165) is 97.7 Å². The number of anilines is 1. The van der Waals surface area contributed by atoms with Gasteiger partial charge in [-0.25, -0.2) is 9.59 Å². The number of carboxylic acids is 2. The highest BCUT2D eigenvalue weighted by Gasteiger charge is 2.29. The summed E-state index contributed by atoms with van der Waals surface area (Å²) in [7, 11) is 0. The van der Waals surface area contributed by atoms with E-state index >= 15 is 0 Å². The Kier molecular flexibility index (Phi) is 29.0. The SMILES string of the molecule is C1CCNC1.CC1CC=C(N2CCCC2)CC1.CC1CCC(=O)C(CC(=O)c2ccccc2)C1.CC1CCC(=O)CC1.CC1CCc2c(cc(-c3ccccc3)n2-c2cncc(C(=O)O)c2)C1.Nc1cncc(C(=O)O)c1.O=C(CBr)c1ccccc1. The van der Waals surface area contributed by atoms with Gasteiger partial charge in [0.05, 0.1) is 39.7 Å². The predicted octanol–water partition coefficient (Wildman–Crippen LogP) is 15.2. The Balaban J connectivity index is 0.000000171. The summed E-state index contributed by atoms with van der Waals surface area (Å²) >= 11 is 3.10. The highest BCUT2D eigenvalue weighted by atomic mass is 79.9. The Labute approximate surface area is 524 Å². The monoisotopic (exact) mass is 1250 g/mol. The van der Waals surface area contributed by atoms with Gasteiger partial charge < -0.3 is 30.7 Å². The van der Waals surface area contributed by atoms with E-state index in [9.17, 15) is 33.9 Å². The molecule has 4 fully saturated rings. The van der Waals surface area contributed by atoms with Crippen molar-refractivity contribution in [2.24, 2.45) is 29.6 Å². The lowest BCUT2D eigenvalue weighted by atomic mass is 9.78. The number of ketones is 4. The van der Waals surface area contributed by atoms with Crippen LogP contribution in [0.3, 0.4) is 0 Å². The fourth-order valence-electron chi connectivity index (χ4n) is 11.4. The topological polar surface area (TPSA) is 215 Å². The van der Waals surface area contributed by atoms with E-state index in [1.807, 2.05) is 78.9 Å². The molecular formula is C72H91BrN6O8. The van der Waals surface area contributed by atoms with Gasteiger partial charge in [-0.15, -0.1) is 0 Å². The molecule has 2 saturated carbocycles. The Hall–Kier alpha value is -7.36. The molecule has 2 saturated heterocycles. The van der Waals surface area contributed by atoms with E-state index in [1.165, 1.54) is 107 Å². The van der Waals surface area contributed by atoms with Crippen molar-refractivity contribution in [1.29, 1.82) is 0 Å². The van der Waals surface area contributed by atoms with Crippen molar-refractivity contribution in [3.63, 3.8) is 0 Å². The average molecular weight is 1250 g/mol. The molecule has 0 spiro atoms. The molecule has 0 radical (unpaired) electrons. The molecular weight excluding hydrogens is 1160 g/mol. The molecule has 12 rings (SSSR count). The fourth-order valence-corrected chi connectivity index (χ4v) is 11.7. The van der Waals surface area contributed by atoms with Crippen LogP contribution in [0.2, 0.25) is 0 Å². The first kappa shape index (κ1) is 68.7. The summed E-state index contributed by atoms with van der Waals surface area (Å²) < 4.78 is 2.19. The molecule has 464 valence electrons. The van der Waals surface area contributed by atoms with Crippen LogP contribution in [0.1, 0.15) is 183 Å². The quantitative estimate of drug-likeness (QED) is 0.0743. The van der Waals surface area contributed by atoms with Crippen molar-refractivity contribution in [2.45, 2.75) is 143 Å². The lowest BCUT2D eigenvalue weighted by Crippen LogP contribution is -2.25. The number of nitrogens with two attached hydrogens (primary N) is 1. The van der Waals surface area contributed by atoms with Gasteiger partial charge in [0.25, 0.3) is 0 Å². The van der Waals surface area contributed by atoms with Crippen LogP contribution in [0.4, 0.5) is 5.69 Å². The van der Waals surface area contributed by atoms with E-state index in [2.05, 4.69) is 92.7 Å². The second kappa shape index (κ2) is 36.7. The maximum atomic E-state index is 12.0. The van der Waals surface area contributed by atoms with E-state index in [-0.39, 0.29) is 34.4 Å². The maximum absolute atomic E-state index is 12.0. The highest BCUT2D eigenvalue weighted by molar-refractivity contribution is 9.09. The number of aromatic nitrogens is 3. The van der Waals surface area contributed by atoms with Crippen LogP contribution in [0.5, 0.6) is 0 Å². The number of carbonyl (C=O) groups is 6. The fraction of sp³-hybridized carbons (Fsp3) is 0.444. The van der Waals surface area contributed by atoms with Gasteiger partial charge in [-0.3, -0.25) is 29.1 Å². The summed E-state index contributed by atoms with van der Waals surface area (Å²) in [4.78, 5) is 77.3. The number of carbonyl (C=O) groups excluding carboxylic acids is 4. The van der Waals surface area contributed by atoms with Gasteiger partial charge in [-0.2, -0.15) is 0 Å². The molecule has 15 heteroatoms. The number of aromatic carboxylic acids is 2. The summed E-state index contributed by atoms with van der Waals surface area (Å²) in [5, 5.41) is 21.4. The van der Waals surface area contributed by atoms with Crippen molar-refractivity contribution >= 4 is 56.7 Å². The number of nitrogen functional groups attached to an aromatic ring is 1. The van der Waals surface area contributed by atoms with Crippen molar-refractivity contribution in [3.05, 3.63) is 179 Å². The number of pyridine rings is 2. The molecule has 4 atom stereocenters. The van der Waals surface area contributed by atoms with E-state index in [0.29, 0.717) is 41.5 Å². The van der Waals surface area contributed by atoms with Crippen LogP contribution in [0, 0.1) is 29.6 Å². The second-order valence-electron chi connectivity index (χ2n) is 24.0. The molecule has 4 unspecified atom stereocenters. The summed E-state index contributed by atoms with van der Waals surface area (Å²) in [6.45, 7) is 14.2. The minimum absolute atomic E-state index is 0.0496. The maximum Gasteiger partial charge on any atom is 0.337 e. The average Bonchev–Trinajstić information content (AvgIpc) is 2.42. The normalized spacial score (nSPS) is 19.5. The number of alkyl halides is 1. The number of Topliss-reactive ketones (excluding diaryl/α,β-unsaturated/α-hetero) is 4. The van der Waals surface area contributed by atoms with Gasteiger partial charge in [0.15, 0.2) is 11.6 Å². The van der Waals surface area contributed by atoms with E-state index in [4.69, 9.17) is 10.8 Å². The number of nitrogens with one attached hydrogen (secondary N) is 1. The van der Waals surface area contributed by atoms with Gasteiger partial charge in [-0.05, 0) is 156 Å². The largest absolute Gasteiger partial charge is 0.478 e. The van der Waals surface area contributed by atoms with Gasteiger partial charge in [0.1, 0.15) is 11.6 Å². The van der Waals surface area contributed by atoms with Gasteiger partial charge in [-0.1, -0.05) is 141 Å². The van der Waals surface area contributed by atoms with Crippen molar-refractivity contribution in [3.8, 4) is 16.9 Å². The smallest absolute Gasteiger partial charge is 0.337 e. The summed E-state index contributed by atoms with van der Waals surface area (Å²) in [6.07, 6.45) is 27.9. The first-order valence-electron chi connectivity index (χ1n) is 31.3. The number of nitrogens with zero attached hydrogens (tertiary/aromatic N) is 4. The zero-order valence-corrected chi connectivity index (χ0v) is 53.1. The zero-order chi connectivity index (χ0) is 62.5. The van der Waals surface area contributed by atoms with E-state index in [1.54, 1.807) is 18.0 Å². The minimum Gasteiger partial charge on any atom is -0.478 e. The van der Waals surface area contributed by atoms with Crippen LogP contribution >= 0.6 is 15.9 Å². The third-order valence-corrected chi connectivity index (χ3v) is 17.2. The molecule has 5 heterocycles. The summed E-state index contributed by atoms with van der Waals surface area (Å²) in [6, 6.07) is 34.0. The Morgan fingerprint density at radius 1 is 0.609 bits per heavy atom. The molecule has 5 N–H and O–H groups in total. The summed E-state index contributed by atoms with van der Waals surface area (Å²) in [5.74, 6) is 1.91. The van der Waals surface area contributed by atoms with Crippen LogP contribution < -0.4 is 11.1 Å². The number of hydrogen-bond acceptors (Lipinski definition) is 11. The van der Waals surface area contributed by atoms with Crippen molar-refractivity contribution in [1.82, 2.24) is 24.8 Å². The molecule has 14 nitrogen and oxygen atoms in total. The van der Waals surface area contributed by atoms with Gasteiger partial charge >= 0.3 is 11.9 Å². The first-order valence-corrected chi connectivity index (χ1v) is 32.4. The molecule has 3 aromatic heterocycles. The standard InChI is InChI=1S/C21H20N2O2.C15H18O2.C11H19N.C8H7BrO.C7H12O.C6H6N2O2.C4H9N/c1-14-7-8-19-16(9-14)11-20(15-5-3-2-4-6-15)23(19)18-10-17(21(24)25)12-22-13-18;1-11-7-8-14(16)13(9-11)10-15(17)12-5-3-2-4-6-12;1-10-4-6-11(7-5-10)12-8-2-3-9-12;9-6-8(10)7-4-2-1-3-5-7;1-6-2-4-7(8)5-3-6;7-5-1-4(6(9)10)2-8-3-5;1-2-4-5-3-1/h2-6,10-14H,7-9H2,1H3,(H,24,25);2-6,11,13H,7-10H2,1H3;6,10H,2-5,7-9H2,1H3;1-5H,6H2;6H,2-5H2,1H3;1-3H,7H2,(H,9,10);5H,1-4H2. The molecule has 0 bridgehead atoms. The van der Waals surface area contributed by atoms with Crippen molar-refractivity contribution < 1.29 is 39.0 Å². The number of allylic oxidation sites excluding steroid dienone is 2. The molecule has 0 amide bonds. The lowest BCUT2D eigenvalue weighted by molar-refractivity contribution is -0.125. The minimum atomic E-state index is -1.01. The lowest BCUT2D eigenvalue weighted by Gasteiger charge is -2.26. The number of hydrogen-bond donors (Lipinski definition) is 4. The predicted molar refractivity (Wildman–Crippen MR) is 351 cm³/mol. The molecule has 2 aliphatic heterocycles. The van der Waals surface area contributed by atoms with Gasteiger partial charge in [0, 0.05) is 85.8 Å². The second-order valence-corrected chi connectivity index (χ2v) is 24.6. The zero-order valence-electron chi connectivity index (χ0n) is 51.5. The third-order valence-electron chi connectivity index (χ3n) is 16.7. The number of likely N-dealkylation sites (tertiary alicyclic amines) is 1. The first-order chi connectivity index (χ1) is 42.0. The molecule has 3 aromatic carbocycles. The molecule has 4 aliphatic carbocycles. The Morgan fingerprint density at radius 2 is 1.16 bits per heavy atom. The van der Waals surface area contributed by atoms with E-state index < -0.39 is 11.9 Å².